The minimum absolute atomic E-state index is 0. The summed E-state index contributed by atoms with van der Waals surface area (Å²) in [6.07, 6.45) is 1.86. The van der Waals surface area contributed by atoms with Gasteiger partial charge in [0.2, 0.25) is 0 Å². The van der Waals surface area contributed by atoms with Gasteiger partial charge in [0.15, 0.2) is 5.13 Å². The Morgan fingerprint density at radius 1 is 1.32 bits per heavy atom. The topological polar surface area (TPSA) is 42.2 Å². The van der Waals surface area contributed by atoms with Gasteiger partial charge < -0.3 is 10.6 Å². The molecule has 0 spiro atoms. The largest absolute Gasteiger partial charge is 0.375 e. The molecule has 2 N–H and O–H groups in total. The monoisotopic (exact) mass is 297 g/mol. The van der Waals surface area contributed by atoms with Crippen LogP contribution in [0.15, 0.2) is 36.5 Å². The van der Waals surface area contributed by atoms with Gasteiger partial charge in [-0.15, -0.1) is 23.7 Å². The van der Waals surface area contributed by atoms with Crippen molar-refractivity contribution < 1.29 is 0 Å². The molecular formula is C14H20ClN3S. The Bertz CT molecular complexity index is 486. The molecule has 5 heteroatoms. The van der Waals surface area contributed by atoms with Crippen molar-refractivity contribution in [3.63, 3.8) is 0 Å². The predicted octanol–water partition coefficient (Wildman–Crippen LogP) is 3.38. The Hall–Kier alpha value is -1.10. The molecule has 2 rings (SSSR count). The lowest BCUT2D eigenvalue weighted by atomic mass is 10.0. The molecule has 104 valence electrons. The highest BCUT2D eigenvalue weighted by molar-refractivity contribution is 7.15. The number of nitrogen functional groups attached to an aromatic ring is 1. The van der Waals surface area contributed by atoms with Crippen LogP contribution in [0.5, 0.6) is 0 Å². The molecule has 0 saturated carbocycles. The Labute approximate surface area is 124 Å². The maximum absolute atomic E-state index is 5.64. The lowest BCUT2D eigenvalue weighted by Gasteiger charge is -2.20. The van der Waals surface area contributed by atoms with Gasteiger partial charge in [-0.1, -0.05) is 37.3 Å². The minimum atomic E-state index is 0. The quantitative estimate of drug-likeness (QED) is 0.920. The first-order chi connectivity index (χ1) is 8.65. The highest BCUT2D eigenvalue weighted by atomic mass is 35.5. The lowest BCUT2D eigenvalue weighted by molar-refractivity contribution is 0.312. The molecule has 19 heavy (non-hydrogen) atoms. The van der Waals surface area contributed by atoms with Gasteiger partial charge in [-0.3, -0.25) is 0 Å². The molecule has 0 aliphatic heterocycles. The second-order valence-electron chi connectivity index (χ2n) is 4.67. The summed E-state index contributed by atoms with van der Waals surface area (Å²) in [5, 5.41) is 0.648. The summed E-state index contributed by atoms with van der Waals surface area (Å²) in [6, 6.07) is 10.6. The van der Waals surface area contributed by atoms with Crippen LogP contribution < -0.4 is 5.73 Å². The minimum Gasteiger partial charge on any atom is -0.375 e. The van der Waals surface area contributed by atoms with Crippen molar-refractivity contribution in [1.29, 1.82) is 0 Å². The molecule has 2 aromatic rings. The summed E-state index contributed by atoms with van der Waals surface area (Å²) in [7, 11) is 2.13. The molecule has 1 aromatic heterocycles. The van der Waals surface area contributed by atoms with Crippen LogP contribution in [-0.4, -0.2) is 23.5 Å². The molecule has 3 nitrogen and oxygen atoms in total. The number of hydrogen-bond acceptors (Lipinski definition) is 4. The van der Waals surface area contributed by atoms with Gasteiger partial charge >= 0.3 is 0 Å². The van der Waals surface area contributed by atoms with E-state index >= 15 is 0 Å². The van der Waals surface area contributed by atoms with E-state index in [4.69, 9.17) is 5.73 Å². The highest BCUT2D eigenvalue weighted by Gasteiger charge is 2.10. The first-order valence-electron chi connectivity index (χ1n) is 6.09. The van der Waals surface area contributed by atoms with E-state index in [0.29, 0.717) is 11.0 Å². The zero-order valence-electron chi connectivity index (χ0n) is 11.2. The van der Waals surface area contributed by atoms with Crippen LogP contribution in [0.3, 0.4) is 0 Å². The average Bonchev–Trinajstić information content (AvgIpc) is 2.75. The van der Waals surface area contributed by atoms with E-state index in [0.717, 1.165) is 13.1 Å². The molecular weight excluding hydrogens is 278 g/mol. The van der Waals surface area contributed by atoms with Crippen LogP contribution in [0.1, 0.15) is 23.3 Å². The number of hydrogen-bond donors (Lipinski definition) is 1. The van der Waals surface area contributed by atoms with Gasteiger partial charge in [-0.25, -0.2) is 4.98 Å². The fourth-order valence-corrected chi connectivity index (χ4v) is 2.85. The molecule has 1 unspecified atom stereocenters. The third kappa shape index (κ3) is 4.82. The maximum Gasteiger partial charge on any atom is 0.180 e. The number of thiazole rings is 1. The van der Waals surface area contributed by atoms with Crippen LogP contribution in [-0.2, 0) is 6.54 Å². The number of benzene rings is 1. The summed E-state index contributed by atoms with van der Waals surface area (Å²) >= 11 is 1.56. The second-order valence-corrected chi connectivity index (χ2v) is 5.82. The molecule has 1 aromatic carbocycles. The number of aromatic nitrogens is 1. The Balaban J connectivity index is 0.00000180. The van der Waals surface area contributed by atoms with Crippen molar-refractivity contribution in [3.05, 3.63) is 47.0 Å². The summed E-state index contributed by atoms with van der Waals surface area (Å²) in [6.45, 7) is 4.20. The third-order valence-corrected chi connectivity index (χ3v) is 3.76. The number of likely N-dealkylation sites (N-methyl/N-ethyl adjacent to an activating group) is 1. The summed E-state index contributed by atoms with van der Waals surface area (Å²) in [5.74, 6) is 0.529. The molecule has 0 saturated heterocycles. The Kier molecular flexibility index (Phi) is 6.28. The van der Waals surface area contributed by atoms with Gasteiger partial charge in [0.25, 0.3) is 0 Å². The van der Waals surface area contributed by atoms with E-state index in [1.807, 2.05) is 6.20 Å². The van der Waals surface area contributed by atoms with Gasteiger partial charge in [-0.05, 0) is 18.5 Å². The molecule has 1 heterocycles. The fraction of sp³-hybridized carbons (Fsp3) is 0.357. The maximum atomic E-state index is 5.64. The van der Waals surface area contributed by atoms with Crippen molar-refractivity contribution in [1.82, 2.24) is 9.88 Å². The number of anilines is 1. The molecule has 0 fully saturated rings. The van der Waals surface area contributed by atoms with Crippen LogP contribution in [0, 0.1) is 0 Å². The molecule has 0 amide bonds. The smallest absolute Gasteiger partial charge is 0.180 e. The van der Waals surface area contributed by atoms with E-state index in [9.17, 15) is 0 Å². The van der Waals surface area contributed by atoms with Gasteiger partial charge in [0.1, 0.15) is 0 Å². The molecule has 0 bridgehead atoms. The van der Waals surface area contributed by atoms with E-state index < -0.39 is 0 Å². The molecule has 0 radical (unpaired) electrons. The Morgan fingerprint density at radius 3 is 2.58 bits per heavy atom. The molecule has 0 aliphatic carbocycles. The number of nitrogens with zero attached hydrogens (tertiary/aromatic N) is 2. The molecule has 0 aliphatic rings. The fourth-order valence-electron chi connectivity index (χ4n) is 2.08. The van der Waals surface area contributed by atoms with Crippen molar-refractivity contribution in [3.8, 4) is 0 Å². The first-order valence-corrected chi connectivity index (χ1v) is 6.90. The molecule has 1 atom stereocenters. The first kappa shape index (κ1) is 16.0. The number of halogens is 1. The summed E-state index contributed by atoms with van der Waals surface area (Å²) < 4.78 is 0. The van der Waals surface area contributed by atoms with Crippen molar-refractivity contribution in [2.45, 2.75) is 19.4 Å². The van der Waals surface area contributed by atoms with Gasteiger partial charge in [-0.2, -0.15) is 0 Å². The van der Waals surface area contributed by atoms with Crippen molar-refractivity contribution in [2.24, 2.45) is 0 Å². The number of rotatable bonds is 5. The second kappa shape index (κ2) is 7.48. The van der Waals surface area contributed by atoms with Crippen LogP contribution >= 0.6 is 23.7 Å². The lowest BCUT2D eigenvalue weighted by Crippen LogP contribution is -2.22. The highest BCUT2D eigenvalue weighted by Crippen LogP contribution is 2.19. The van der Waals surface area contributed by atoms with Crippen LogP contribution in [0.2, 0.25) is 0 Å². The van der Waals surface area contributed by atoms with Crippen LogP contribution in [0.4, 0.5) is 5.13 Å². The Morgan fingerprint density at radius 2 is 2.00 bits per heavy atom. The summed E-state index contributed by atoms with van der Waals surface area (Å²) in [4.78, 5) is 7.60. The van der Waals surface area contributed by atoms with E-state index in [2.05, 4.69) is 54.2 Å². The standard InChI is InChI=1S/C14H19N3S.ClH/c1-11(12-6-4-3-5-7-12)9-17(2)10-13-8-16-14(15)18-13;/h3-8,11H,9-10H2,1-2H3,(H2,15,16);1H. The number of nitrogens with two attached hydrogens (primary N) is 1. The normalized spacial score (nSPS) is 12.2. The van der Waals surface area contributed by atoms with E-state index in [1.165, 1.54) is 10.4 Å². The SMILES string of the molecule is CC(CN(C)Cc1cnc(N)s1)c1ccccc1.Cl. The van der Waals surface area contributed by atoms with E-state index in [-0.39, 0.29) is 12.4 Å². The van der Waals surface area contributed by atoms with Crippen molar-refractivity contribution in [2.75, 3.05) is 19.3 Å². The summed E-state index contributed by atoms with van der Waals surface area (Å²) in [5.41, 5.74) is 7.02. The van der Waals surface area contributed by atoms with Gasteiger partial charge in [0, 0.05) is 24.2 Å². The van der Waals surface area contributed by atoms with Crippen molar-refractivity contribution >= 4 is 28.9 Å². The zero-order valence-corrected chi connectivity index (χ0v) is 12.9. The van der Waals surface area contributed by atoms with Gasteiger partial charge in [0.05, 0.1) is 0 Å². The average molecular weight is 298 g/mol. The van der Waals surface area contributed by atoms with E-state index in [1.54, 1.807) is 11.3 Å². The van der Waals surface area contributed by atoms with Crippen LogP contribution in [0.25, 0.3) is 0 Å². The zero-order chi connectivity index (χ0) is 13.0. The predicted molar refractivity (Wildman–Crippen MR) is 85.0 cm³/mol. The third-order valence-electron chi connectivity index (χ3n) is 2.95.